The number of anilines is 1. The molecule has 1 fully saturated rings. The zero-order valence-corrected chi connectivity index (χ0v) is 12.9. The molecule has 1 aliphatic heterocycles. The summed E-state index contributed by atoms with van der Waals surface area (Å²) < 4.78 is 6.48. The molecule has 1 aromatic heterocycles. The lowest BCUT2D eigenvalue weighted by molar-refractivity contribution is 0.0576. The number of pyridine rings is 1. The lowest BCUT2D eigenvalue weighted by Crippen LogP contribution is -2.31. The number of hydrogen-bond acceptors (Lipinski definition) is 3. The molecule has 0 saturated carbocycles. The zero-order chi connectivity index (χ0) is 13.0. The van der Waals surface area contributed by atoms with Crippen molar-refractivity contribution in [1.29, 1.82) is 0 Å². The molecule has 0 aliphatic carbocycles. The molecular formula is C13H18BrClN2O. The van der Waals surface area contributed by atoms with E-state index in [4.69, 9.17) is 16.3 Å². The Morgan fingerprint density at radius 2 is 2.44 bits per heavy atom. The van der Waals surface area contributed by atoms with Crippen LogP contribution in [-0.4, -0.2) is 31.8 Å². The van der Waals surface area contributed by atoms with Crippen molar-refractivity contribution in [3.05, 3.63) is 22.3 Å². The van der Waals surface area contributed by atoms with E-state index in [9.17, 15) is 0 Å². The van der Waals surface area contributed by atoms with Gasteiger partial charge in [-0.05, 0) is 40.8 Å². The molecule has 2 heterocycles. The SMILES string of the molecule is CN(CC1CCCOC1)c1ncc(Br)cc1CCl. The van der Waals surface area contributed by atoms with Gasteiger partial charge in [-0.3, -0.25) is 0 Å². The molecule has 1 saturated heterocycles. The van der Waals surface area contributed by atoms with Gasteiger partial charge in [0.15, 0.2) is 0 Å². The van der Waals surface area contributed by atoms with E-state index in [1.54, 1.807) is 0 Å². The summed E-state index contributed by atoms with van der Waals surface area (Å²) in [6, 6.07) is 2.03. The van der Waals surface area contributed by atoms with Gasteiger partial charge in [0.25, 0.3) is 0 Å². The summed E-state index contributed by atoms with van der Waals surface area (Å²) in [6.07, 6.45) is 4.21. The van der Waals surface area contributed by atoms with E-state index in [2.05, 4.69) is 32.9 Å². The summed E-state index contributed by atoms with van der Waals surface area (Å²) in [5.74, 6) is 2.05. The Hall–Kier alpha value is -0.320. The number of alkyl halides is 1. The second-order valence-electron chi connectivity index (χ2n) is 4.73. The molecule has 18 heavy (non-hydrogen) atoms. The molecule has 0 aromatic carbocycles. The summed E-state index contributed by atoms with van der Waals surface area (Å²) in [7, 11) is 2.07. The van der Waals surface area contributed by atoms with Crippen LogP contribution in [-0.2, 0) is 10.6 Å². The summed E-state index contributed by atoms with van der Waals surface area (Å²) in [6.45, 7) is 2.74. The van der Waals surface area contributed by atoms with Crippen LogP contribution < -0.4 is 4.90 Å². The lowest BCUT2D eigenvalue weighted by Gasteiger charge is -2.28. The Bertz CT molecular complexity index is 397. The minimum absolute atomic E-state index is 0.479. The second-order valence-corrected chi connectivity index (χ2v) is 5.92. The number of ether oxygens (including phenoxy) is 1. The van der Waals surface area contributed by atoms with Gasteiger partial charge in [0.05, 0.1) is 12.5 Å². The number of halogens is 2. The average molecular weight is 334 g/mol. The van der Waals surface area contributed by atoms with E-state index in [1.807, 2.05) is 12.3 Å². The third-order valence-electron chi connectivity index (χ3n) is 3.20. The summed E-state index contributed by atoms with van der Waals surface area (Å²) in [5.41, 5.74) is 1.06. The van der Waals surface area contributed by atoms with Gasteiger partial charge in [-0.15, -0.1) is 11.6 Å². The highest BCUT2D eigenvalue weighted by molar-refractivity contribution is 9.10. The molecule has 1 aliphatic rings. The van der Waals surface area contributed by atoms with Gasteiger partial charge in [-0.1, -0.05) is 0 Å². The molecule has 1 atom stereocenters. The predicted molar refractivity (Wildman–Crippen MR) is 78.3 cm³/mol. The molecule has 100 valence electrons. The van der Waals surface area contributed by atoms with Crippen LogP contribution in [0.3, 0.4) is 0 Å². The van der Waals surface area contributed by atoms with E-state index in [0.29, 0.717) is 11.8 Å². The molecule has 3 nitrogen and oxygen atoms in total. The van der Waals surface area contributed by atoms with Crippen LogP contribution in [0.25, 0.3) is 0 Å². The quantitative estimate of drug-likeness (QED) is 0.789. The minimum Gasteiger partial charge on any atom is -0.381 e. The summed E-state index contributed by atoms with van der Waals surface area (Å²) >= 11 is 9.40. The van der Waals surface area contributed by atoms with E-state index in [0.717, 1.165) is 42.0 Å². The first-order chi connectivity index (χ1) is 8.70. The van der Waals surface area contributed by atoms with Crippen LogP contribution in [0.5, 0.6) is 0 Å². The molecule has 1 aromatic rings. The Kier molecular flexibility index (Phi) is 5.27. The van der Waals surface area contributed by atoms with Crippen molar-refractivity contribution < 1.29 is 4.74 Å². The van der Waals surface area contributed by atoms with Crippen molar-refractivity contribution in [2.75, 3.05) is 31.7 Å². The smallest absolute Gasteiger partial charge is 0.132 e. The normalized spacial score (nSPS) is 19.8. The first kappa shape index (κ1) is 14.1. The van der Waals surface area contributed by atoms with Gasteiger partial charge < -0.3 is 9.64 Å². The van der Waals surface area contributed by atoms with Crippen molar-refractivity contribution in [2.24, 2.45) is 5.92 Å². The number of hydrogen-bond donors (Lipinski definition) is 0. The van der Waals surface area contributed by atoms with Crippen LogP contribution in [0, 0.1) is 5.92 Å². The van der Waals surface area contributed by atoms with Gasteiger partial charge in [-0.2, -0.15) is 0 Å². The van der Waals surface area contributed by atoms with Crippen molar-refractivity contribution in [1.82, 2.24) is 4.98 Å². The molecule has 0 N–H and O–H groups in total. The molecule has 0 bridgehead atoms. The maximum Gasteiger partial charge on any atom is 0.132 e. The molecule has 0 spiro atoms. The Balaban J connectivity index is 2.05. The van der Waals surface area contributed by atoms with E-state index in [1.165, 1.54) is 6.42 Å². The summed E-state index contributed by atoms with van der Waals surface area (Å²) in [5, 5.41) is 0. The van der Waals surface area contributed by atoms with Gasteiger partial charge in [0, 0.05) is 36.4 Å². The molecule has 2 rings (SSSR count). The third kappa shape index (κ3) is 3.59. The van der Waals surface area contributed by atoms with Crippen LogP contribution in [0.4, 0.5) is 5.82 Å². The number of nitrogens with zero attached hydrogens (tertiary/aromatic N) is 2. The first-order valence-electron chi connectivity index (χ1n) is 6.20. The molecular weight excluding hydrogens is 316 g/mol. The van der Waals surface area contributed by atoms with Crippen LogP contribution in [0.1, 0.15) is 18.4 Å². The van der Waals surface area contributed by atoms with Gasteiger partial charge in [0.2, 0.25) is 0 Å². The number of aromatic nitrogens is 1. The first-order valence-corrected chi connectivity index (χ1v) is 7.52. The van der Waals surface area contributed by atoms with E-state index < -0.39 is 0 Å². The predicted octanol–water partition coefficient (Wildman–Crippen LogP) is 3.45. The topological polar surface area (TPSA) is 25.4 Å². The van der Waals surface area contributed by atoms with Crippen molar-refractivity contribution in [3.8, 4) is 0 Å². The molecule has 1 unspecified atom stereocenters. The van der Waals surface area contributed by atoms with Gasteiger partial charge in [-0.25, -0.2) is 4.98 Å². The van der Waals surface area contributed by atoms with E-state index >= 15 is 0 Å². The van der Waals surface area contributed by atoms with Gasteiger partial charge >= 0.3 is 0 Å². The largest absolute Gasteiger partial charge is 0.381 e. The van der Waals surface area contributed by atoms with E-state index in [-0.39, 0.29) is 0 Å². The minimum atomic E-state index is 0.479. The van der Waals surface area contributed by atoms with Crippen molar-refractivity contribution in [3.63, 3.8) is 0 Å². The monoisotopic (exact) mass is 332 g/mol. The fraction of sp³-hybridized carbons (Fsp3) is 0.615. The standard InChI is InChI=1S/C13H18BrClN2O/c1-17(8-10-3-2-4-18-9-10)13-11(6-15)5-12(14)7-16-13/h5,7,10H,2-4,6,8-9H2,1H3. The third-order valence-corrected chi connectivity index (χ3v) is 3.92. The zero-order valence-electron chi connectivity index (χ0n) is 10.5. The van der Waals surface area contributed by atoms with Crippen LogP contribution in [0.15, 0.2) is 16.7 Å². The van der Waals surface area contributed by atoms with Crippen LogP contribution >= 0.6 is 27.5 Å². The lowest BCUT2D eigenvalue weighted by atomic mass is 10.0. The highest BCUT2D eigenvalue weighted by Crippen LogP contribution is 2.24. The Morgan fingerprint density at radius 3 is 3.11 bits per heavy atom. The highest BCUT2D eigenvalue weighted by atomic mass is 79.9. The molecule has 5 heteroatoms. The maximum atomic E-state index is 5.98. The average Bonchev–Trinajstić information content (AvgIpc) is 2.39. The van der Waals surface area contributed by atoms with Crippen LogP contribution in [0.2, 0.25) is 0 Å². The fourth-order valence-electron chi connectivity index (χ4n) is 2.34. The summed E-state index contributed by atoms with van der Waals surface area (Å²) in [4.78, 5) is 6.65. The van der Waals surface area contributed by atoms with Crippen molar-refractivity contribution in [2.45, 2.75) is 18.7 Å². The highest BCUT2D eigenvalue weighted by Gasteiger charge is 2.18. The fourth-order valence-corrected chi connectivity index (χ4v) is 2.92. The van der Waals surface area contributed by atoms with Gasteiger partial charge in [0.1, 0.15) is 5.82 Å². The Morgan fingerprint density at radius 1 is 1.61 bits per heavy atom. The maximum absolute atomic E-state index is 5.98. The molecule has 0 radical (unpaired) electrons. The number of rotatable bonds is 4. The van der Waals surface area contributed by atoms with Crippen molar-refractivity contribution >= 4 is 33.3 Å². The Labute approximate surface area is 122 Å². The molecule has 0 amide bonds. The second kappa shape index (κ2) is 6.73.